The van der Waals surface area contributed by atoms with Gasteiger partial charge >= 0.3 is 5.97 Å². The Hall–Kier alpha value is -1.40. The molecule has 0 bridgehead atoms. The van der Waals surface area contributed by atoms with Crippen LogP contribution in [0.2, 0.25) is 0 Å². The molecule has 0 amide bonds. The van der Waals surface area contributed by atoms with Crippen LogP contribution in [-0.4, -0.2) is 36.8 Å². The van der Waals surface area contributed by atoms with Gasteiger partial charge in [0, 0.05) is 0 Å². The lowest BCUT2D eigenvalue weighted by Gasteiger charge is -2.24. The van der Waals surface area contributed by atoms with Crippen LogP contribution in [0.15, 0.2) is 30.3 Å². The molecule has 0 saturated heterocycles. The average Bonchev–Trinajstić information content (AvgIpc) is 2.39. The molecule has 1 unspecified atom stereocenters. The molecular formula is C13H18O5S. The Morgan fingerprint density at radius 1 is 1.32 bits per heavy atom. The number of aliphatic carboxylic acids is 1. The first-order valence-corrected chi connectivity index (χ1v) is 7.62. The van der Waals surface area contributed by atoms with E-state index in [1.807, 2.05) is 30.3 Å². The Labute approximate surface area is 113 Å². The largest absolute Gasteiger partial charge is 0.478 e. The maximum absolute atomic E-state index is 11.8. The van der Waals surface area contributed by atoms with Crippen LogP contribution in [0, 0.1) is 0 Å². The molecule has 0 aliphatic heterocycles. The Balaban J connectivity index is 2.74. The molecule has 0 heterocycles. The summed E-state index contributed by atoms with van der Waals surface area (Å²) in [6.45, 7) is 2.52. The topological polar surface area (TPSA) is 80.7 Å². The van der Waals surface area contributed by atoms with E-state index < -0.39 is 20.7 Å². The predicted octanol–water partition coefficient (Wildman–Crippen LogP) is 1.48. The number of rotatable bonds is 7. The summed E-state index contributed by atoms with van der Waals surface area (Å²) in [4.78, 5) is 8.98. The van der Waals surface area contributed by atoms with Crippen molar-refractivity contribution in [3.63, 3.8) is 0 Å². The first kappa shape index (κ1) is 15.7. The molecule has 0 radical (unpaired) electrons. The van der Waals surface area contributed by atoms with Crippen LogP contribution in [0.25, 0.3) is 0 Å². The van der Waals surface area contributed by atoms with Crippen LogP contribution in [-0.2, 0) is 25.8 Å². The van der Waals surface area contributed by atoms with E-state index >= 15 is 0 Å². The summed E-state index contributed by atoms with van der Waals surface area (Å²) in [6, 6.07) is 9.32. The summed E-state index contributed by atoms with van der Waals surface area (Å²) in [5.41, 5.74) is 0.962. The Morgan fingerprint density at radius 3 is 2.37 bits per heavy atom. The Kier molecular flexibility index (Phi) is 5.08. The van der Waals surface area contributed by atoms with E-state index in [2.05, 4.69) is 0 Å². The molecule has 0 spiro atoms. The van der Waals surface area contributed by atoms with Gasteiger partial charge in [0.15, 0.2) is 9.84 Å². The zero-order valence-electron chi connectivity index (χ0n) is 11.0. The highest BCUT2D eigenvalue weighted by molar-refractivity contribution is 7.93. The van der Waals surface area contributed by atoms with Crippen molar-refractivity contribution >= 4 is 15.8 Å². The number of carboxylic acid groups (broad SMARTS) is 1. The summed E-state index contributed by atoms with van der Waals surface area (Å²) in [7, 11) is -3.84. The van der Waals surface area contributed by atoms with E-state index in [0.717, 1.165) is 12.5 Å². The third kappa shape index (κ3) is 3.54. The molecule has 106 valence electrons. The van der Waals surface area contributed by atoms with Gasteiger partial charge < -0.3 is 9.84 Å². The fourth-order valence-electron chi connectivity index (χ4n) is 1.57. The second-order valence-corrected chi connectivity index (χ2v) is 6.82. The molecule has 1 N–H and O–H groups in total. The van der Waals surface area contributed by atoms with Gasteiger partial charge in [-0.3, -0.25) is 0 Å². The molecule has 19 heavy (non-hydrogen) atoms. The lowest BCUT2D eigenvalue weighted by molar-refractivity contribution is -0.153. The second-order valence-electron chi connectivity index (χ2n) is 4.24. The standard InChI is InChI=1S/C13H18O5S/c1-3-19(16,17)13(2,12(14)15)18-10-9-11-7-5-4-6-8-11/h4-8H,3,9-10H2,1-2H3,(H,14,15). The van der Waals surface area contributed by atoms with Gasteiger partial charge in [0.1, 0.15) is 0 Å². The van der Waals surface area contributed by atoms with Crippen molar-refractivity contribution in [2.75, 3.05) is 12.4 Å². The summed E-state index contributed by atoms with van der Waals surface area (Å²) < 4.78 is 28.8. The molecule has 0 fully saturated rings. The van der Waals surface area contributed by atoms with Gasteiger partial charge in [0.2, 0.25) is 0 Å². The molecule has 0 aliphatic carbocycles. The highest BCUT2D eigenvalue weighted by Crippen LogP contribution is 2.21. The van der Waals surface area contributed by atoms with Gasteiger partial charge in [-0.25, -0.2) is 13.2 Å². The van der Waals surface area contributed by atoms with E-state index in [1.54, 1.807) is 0 Å². The number of carboxylic acids is 1. The van der Waals surface area contributed by atoms with Crippen LogP contribution < -0.4 is 0 Å². The minimum atomic E-state index is -3.84. The van der Waals surface area contributed by atoms with Crippen LogP contribution in [0.3, 0.4) is 0 Å². The van der Waals surface area contributed by atoms with Gasteiger partial charge in [-0.2, -0.15) is 0 Å². The first-order chi connectivity index (χ1) is 8.83. The third-order valence-corrected chi connectivity index (χ3v) is 5.21. The maximum Gasteiger partial charge on any atom is 0.351 e. The molecule has 0 saturated carbocycles. The highest BCUT2D eigenvalue weighted by atomic mass is 32.2. The SMILES string of the molecule is CCS(=O)(=O)C(C)(OCCc1ccccc1)C(=O)O. The van der Waals surface area contributed by atoms with Gasteiger partial charge in [-0.05, 0) is 18.9 Å². The Bertz CT molecular complexity index is 523. The lowest BCUT2D eigenvalue weighted by Crippen LogP contribution is -2.47. The number of ether oxygens (including phenoxy) is 1. The average molecular weight is 286 g/mol. The van der Waals surface area contributed by atoms with Crippen LogP contribution in [0.5, 0.6) is 0 Å². The highest BCUT2D eigenvalue weighted by Gasteiger charge is 2.46. The van der Waals surface area contributed by atoms with E-state index in [4.69, 9.17) is 9.84 Å². The fraction of sp³-hybridized carbons (Fsp3) is 0.462. The molecule has 1 atom stereocenters. The van der Waals surface area contributed by atoms with Crippen molar-refractivity contribution in [2.45, 2.75) is 25.2 Å². The van der Waals surface area contributed by atoms with Crippen molar-refractivity contribution in [1.82, 2.24) is 0 Å². The van der Waals surface area contributed by atoms with Gasteiger partial charge in [-0.1, -0.05) is 37.3 Å². The number of hydrogen-bond acceptors (Lipinski definition) is 4. The summed E-state index contributed by atoms with van der Waals surface area (Å²) in [6.07, 6.45) is 0.461. The first-order valence-electron chi connectivity index (χ1n) is 5.97. The van der Waals surface area contributed by atoms with Gasteiger partial charge in [0.25, 0.3) is 4.93 Å². The van der Waals surface area contributed by atoms with Crippen molar-refractivity contribution < 1.29 is 23.1 Å². The van der Waals surface area contributed by atoms with E-state index in [9.17, 15) is 13.2 Å². The second kappa shape index (κ2) is 6.16. The third-order valence-electron chi connectivity index (χ3n) is 2.97. The Morgan fingerprint density at radius 2 is 1.89 bits per heavy atom. The predicted molar refractivity (Wildman–Crippen MR) is 71.6 cm³/mol. The number of hydrogen-bond donors (Lipinski definition) is 1. The smallest absolute Gasteiger partial charge is 0.351 e. The van der Waals surface area contributed by atoms with Crippen LogP contribution in [0.4, 0.5) is 0 Å². The maximum atomic E-state index is 11.8. The van der Waals surface area contributed by atoms with Gasteiger partial charge in [0.05, 0.1) is 12.4 Å². The molecule has 1 aromatic rings. The van der Waals surface area contributed by atoms with Crippen LogP contribution in [0.1, 0.15) is 19.4 Å². The minimum absolute atomic E-state index is 0.0338. The summed E-state index contributed by atoms with van der Waals surface area (Å²) in [5, 5.41) is 9.09. The van der Waals surface area contributed by atoms with Crippen molar-refractivity contribution in [2.24, 2.45) is 0 Å². The number of sulfone groups is 1. The quantitative estimate of drug-likeness (QED) is 0.821. The fourth-order valence-corrected chi connectivity index (χ4v) is 2.65. The van der Waals surface area contributed by atoms with Crippen molar-refractivity contribution in [1.29, 1.82) is 0 Å². The monoisotopic (exact) mass is 286 g/mol. The molecule has 1 rings (SSSR count). The minimum Gasteiger partial charge on any atom is -0.478 e. The summed E-state index contributed by atoms with van der Waals surface area (Å²) in [5.74, 6) is -1.76. The number of carbonyl (C=O) groups is 1. The lowest BCUT2D eigenvalue weighted by atomic mass is 10.2. The van der Waals surface area contributed by atoms with E-state index in [0.29, 0.717) is 6.42 Å². The van der Waals surface area contributed by atoms with Gasteiger partial charge in [-0.15, -0.1) is 0 Å². The van der Waals surface area contributed by atoms with Crippen LogP contribution >= 0.6 is 0 Å². The normalized spacial score (nSPS) is 14.8. The van der Waals surface area contributed by atoms with Crippen molar-refractivity contribution in [3.8, 4) is 0 Å². The zero-order chi connectivity index (χ0) is 14.5. The molecule has 5 nitrogen and oxygen atoms in total. The van der Waals surface area contributed by atoms with E-state index in [1.165, 1.54) is 6.92 Å². The molecule has 0 aliphatic rings. The number of benzene rings is 1. The molecule has 0 aromatic heterocycles. The van der Waals surface area contributed by atoms with Crippen molar-refractivity contribution in [3.05, 3.63) is 35.9 Å². The summed E-state index contributed by atoms with van der Waals surface area (Å²) >= 11 is 0. The molecule has 6 heteroatoms. The molecular weight excluding hydrogens is 268 g/mol. The van der Waals surface area contributed by atoms with E-state index in [-0.39, 0.29) is 12.4 Å². The molecule has 1 aromatic carbocycles. The zero-order valence-corrected chi connectivity index (χ0v) is 11.8.